The maximum atomic E-state index is 13.8. The van der Waals surface area contributed by atoms with Gasteiger partial charge in [0.25, 0.3) is 5.91 Å². The van der Waals surface area contributed by atoms with Crippen molar-refractivity contribution in [3.8, 4) is 6.01 Å². The highest BCUT2D eigenvalue weighted by Crippen LogP contribution is 2.36. The molecule has 3 aromatic rings. The maximum Gasteiger partial charge on any atom is 0.318 e. The molecule has 2 fully saturated rings. The van der Waals surface area contributed by atoms with E-state index in [2.05, 4.69) is 69.4 Å². The standard InChI is InChI=1S/C34H40FN7O3/c1-24-7-4-8-26-9-5-10-30(31(24)26)40-13-11-28-29(23-40)37-34(45-20-17-39-12-6-18-44-19-16-39)38-32(28)41-14-15-42(33(43)25(2)35)27(22-41)21-36-3/h4-5,7-10,27H,2,6,11-23H2,1H3/t27-/m0/s1. The molecule has 1 amide bonds. The molecule has 2 aromatic carbocycles. The summed E-state index contributed by atoms with van der Waals surface area (Å²) in [5.74, 6) is -0.988. The number of carbonyl (C=O) groups excluding carboxylic acids is 1. The lowest BCUT2D eigenvalue weighted by Gasteiger charge is -2.41. The molecule has 2 saturated heterocycles. The lowest BCUT2D eigenvalue weighted by Crippen LogP contribution is -2.57. The number of piperazine rings is 1. The van der Waals surface area contributed by atoms with Crippen LogP contribution < -0.4 is 14.5 Å². The minimum atomic E-state index is -1.01. The highest BCUT2D eigenvalue weighted by molar-refractivity contribution is 5.97. The minimum absolute atomic E-state index is 0.0694. The summed E-state index contributed by atoms with van der Waals surface area (Å²) >= 11 is 0. The van der Waals surface area contributed by atoms with Crippen LogP contribution in [-0.2, 0) is 22.5 Å². The number of hydrogen-bond donors (Lipinski definition) is 0. The molecule has 11 heteroatoms. The van der Waals surface area contributed by atoms with Crippen LogP contribution >= 0.6 is 0 Å². The number of amides is 1. The summed E-state index contributed by atoms with van der Waals surface area (Å²) in [5.41, 5.74) is 4.37. The third-order valence-corrected chi connectivity index (χ3v) is 8.99. The molecule has 4 heterocycles. The summed E-state index contributed by atoms with van der Waals surface area (Å²) in [6.07, 6.45) is 1.73. The van der Waals surface area contributed by atoms with Gasteiger partial charge in [-0.05, 0) is 36.8 Å². The molecule has 0 spiro atoms. The van der Waals surface area contributed by atoms with E-state index in [9.17, 15) is 9.18 Å². The third-order valence-electron chi connectivity index (χ3n) is 8.99. The average molecular weight is 614 g/mol. The minimum Gasteiger partial charge on any atom is -0.462 e. The van der Waals surface area contributed by atoms with Crippen LogP contribution in [0.5, 0.6) is 6.01 Å². The van der Waals surface area contributed by atoms with E-state index in [0.717, 1.165) is 69.3 Å². The molecular formula is C34H40FN7O3. The van der Waals surface area contributed by atoms with E-state index in [1.165, 1.54) is 26.9 Å². The molecule has 10 nitrogen and oxygen atoms in total. The van der Waals surface area contributed by atoms with E-state index in [1.54, 1.807) is 0 Å². The van der Waals surface area contributed by atoms with E-state index in [-0.39, 0.29) is 13.1 Å². The average Bonchev–Trinajstić information content (AvgIpc) is 3.33. The number of fused-ring (bicyclic) bond motifs is 2. The van der Waals surface area contributed by atoms with Crippen LogP contribution in [0, 0.1) is 13.5 Å². The number of aryl methyl sites for hydroxylation is 1. The number of halogens is 1. The largest absolute Gasteiger partial charge is 0.462 e. The molecule has 45 heavy (non-hydrogen) atoms. The molecule has 3 aliphatic heterocycles. The Kier molecular flexibility index (Phi) is 9.42. The predicted molar refractivity (Wildman–Crippen MR) is 172 cm³/mol. The quantitative estimate of drug-likeness (QED) is 0.279. The van der Waals surface area contributed by atoms with E-state index in [4.69, 9.17) is 26.0 Å². The zero-order valence-corrected chi connectivity index (χ0v) is 25.9. The number of ether oxygens (including phenoxy) is 2. The summed E-state index contributed by atoms with van der Waals surface area (Å²) < 4.78 is 25.6. The third kappa shape index (κ3) is 6.72. The van der Waals surface area contributed by atoms with E-state index in [1.807, 2.05) is 0 Å². The van der Waals surface area contributed by atoms with Crippen molar-refractivity contribution in [2.75, 3.05) is 82.0 Å². The normalized spacial score (nSPS) is 19.1. The van der Waals surface area contributed by atoms with Gasteiger partial charge >= 0.3 is 6.01 Å². The van der Waals surface area contributed by atoms with Crippen LogP contribution in [0.15, 0.2) is 48.8 Å². The van der Waals surface area contributed by atoms with E-state index < -0.39 is 17.8 Å². The van der Waals surface area contributed by atoms with Crippen LogP contribution in [-0.4, -0.2) is 104 Å². The lowest BCUT2D eigenvalue weighted by atomic mass is 9.99. The van der Waals surface area contributed by atoms with Crippen LogP contribution in [0.2, 0.25) is 0 Å². The van der Waals surface area contributed by atoms with Gasteiger partial charge in [0.1, 0.15) is 18.5 Å². The van der Waals surface area contributed by atoms with Crippen LogP contribution in [0.1, 0.15) is 23.2 Å². The number of hydrogen-bond acceptors (Lipinski definition) is 8. The van der Waals surface area contributed by atoms with Crippen LogP contribution in [0.25, 0.3) is 15.6 Å². The van der Waals surface area contributed by atoms with Gasteiger partial charge in [-0.3, -0.25) is 9.69 Å². The molecule has 6 rings (SSSR count). The number of anilines is 2. The maximum absolute atomic E-state index is 13.8. The highest BCUT2D eigenvalue weighted by Gasteiger charge is 2.36. The fourth-order valence-corrected chi connectivity index (χ4v) is 6.71. The number of aromatic nitrogens is 2. The Hall–Kier alpha value is -4.27. The Bertz CT molecular complexity index is 1600. The monoisotopic (exact) mass is 613 g/mol. The fraction of sp³-hybridized carbons (Fsp3) is 0.471. The van der Waals surface area contributed by atoms with Gasteiger partial charge in [-0.25, -0.2) is 11.0 Å². The van der Waals surface area contributed by atoms with Gasteiger partial charge in [0.2, 0.25) is 6.54 Å². The summed E-state index contributed by atoms with van der Waals surface area (Å²) in [6, 6.07) is 12.7. The van der Waals surface area contributed by atoms with Gasteiger partial charge in [-0.2, -0.15) is 9.97 Å². The Morgan fingerprint density at radius 3 is 2.78 bits per heavy atom. The molecular weight excluding hydrogens is 573 g/mol. The van der Waals surface area contributed by atoms with Gasteiger partial charge in [0.15, 0.2) is 5.83 Å². The molecule has 0 saturated carbocycles. The van der Waals surface area contributed by atoms with Crippen molar-refractivity contribution in [2.24, 2.45) is 0 Å². The fourth-order valence-electron chi connectivity index (χ4n) is 6.71. The smallest absolute Gasteiger partial charge is 0.318 e. The molecule has 236 valence electrons. The van der Waals surface area contributed by atoms with Crippen molar-refractivity contribution in [1.29, 1.82) is 0 Å². The first kappa shape index (κ1) is 30.7. The van der Waals surface area contributed by atoms with Gasteiger partial charge in [-0.1, -0.05) is 36.9 Å². The first-order chi connectivity index (χ1) is 21.9. The predicted octanol–water partition coefficient (Wildman–Crippen LogP) is 4.02. The molecule has 0 unspecified atom stereocenters. The Labute approximate surface area is 263 Å². The van der Waals surface area contributed by atoms with Gasteiger partial charge in [0.05, 0.1) is 18.8 Å². The van der Waals surface area contributed by atoms with Crippen molar-refractivity contribution in [3.63, 3.8) is 0 Å². The second-order valence-electron chi connectivity index (χ2n) is 11.9. The number of benzene rings is 2. The Morgan fingerprint density at radius 1 is 1.11 bits per heavy atom. The van der Waals surface area contributed by atoms with Crippen molar-refractivity contribution in [1.82, 2.24) is 19.8 Å². The molecule has 0 N–H and O–H groups in total. The molecule has 0 aliphatic carbocycles. The molecule has 1 atom stereocenters. The zero-order chi connectivity index (χ0) is 31.3. The van der Waals surface area contributed by atoms with Crippen molar-refractivity contribution >= 4 is 28.2 Å². The summed E-state index contributed by atoms with van der Waals surface area (Å²) in [5, 5.41) is 2.45. The summed E-state index contributed by atoms with van der Waals surface area (Å²) in [7, 11) is 0. The molecule has 0 radical (unpaired) electrons. The van der Waals surface area contributed by atoms with Gasteiger partial charge in [-0.15, -0.1) is 0 Å². The van der Waals surface area contributed by atoms with Gasteiger partial charge < -0.3 is 29.0 Å². The van der Waals surface area contributed by atoms with E-state index >= 15 is 0 Å². The lowest BCUT2D eigenvalue weighted by molar-refractivity contribution is -0.131. The highest BCUT2D eigenvalue weighted by atomic mass is 19.1. The number of nitrogens with zero attached hydrogens (tertiary/aromatic N) is 7. The van der Waals surface area contributed by atoms with Gasteiger partial charge in [0, 0.05) is 69.1 Å². The first-order valence-electron chi connectivity index (χ1n) is 15.7. The molecule has 0 bridgehead atoms. The molecule has 3 aliphatic rings. The Morgan fingerprint density at radius 2 is 1.96 bits per heavy atom. The van der Waals surface area contributed by atoms with E-state index in [0.29, 0.717) is 32.3 Å². The summed E-state index contributed by atoms with van der Waals surface area (Å²) in [4.78, 5) is 34.2. The SMILES string of the molecule is [C-]#[N+]C[C@H]1CN(c2nc(OCCN3CCCOCC3)nc3c2CCN(c2cccc4cccc(C)c24)C3)CCN1C(=O)C(=C)F. The van der Waals surface area contributed by atoms with Crippen LogP contribution in [0.4, 0.5) is 15.9 Å². The first-order valence-corrected chi connectivity index (χ1v) is 15.7. The van der Waals surface area contributed by atoms with Crippen LogP contribution in [0.3, 0.4) is 0 Å². The topological polar surface area (TPSA) is 78.6 Å². The van der Waals surface area contributed by atoms with Crippen molar-refractivity contribution in [2.45, 2.75) is 32.4 Å². The van der Waals surface area contributed by atoms with Crippen molar-refractivity contribution in [3.05, 3.63) is 77.0 Å². The van der Waals surface area contributed by atoms with Crippen molar-refractivity contribution < 1.29 is 18.7 Å². The number of carbonyl (C=O) groups is 1. The summed E-state index contributed by atoms with van der Waals surface area (Å²) in [6.45, 7) is 19.9. The number of rotatable bonds is 8. The Balaban J connectivity index is 1.30. The zero-order valence-electron chi connectivity index (χ0n) is 25.9. The molecule has 1 aromatic heterocycles. The second-order valence-corrected chi connectivity index (χ2v) is 11.9. The second kappa shape index (κ2) is 13.8.